The summed E-state index contributed by atoms with van der Waals surface area (Å²) < 4.78 is 2.36. The molecular formula is C19H31N5O. The van der Waals surface area contributed by atoms with Crippen LogP contribution in [0.4, 0.5) is 0 Å². The van der Waals surface area contributed by atoms with Gasteiger partial charge in [-0.3, -0.25) is 4.79 Å². The molecule has 25 heavy (non-hydrogen) atoms. The molecule has 3 aliphatic rings. The van der Waals surface area contributed by atoms with Gasteiger partial charge in [-0.2, -0.15) is 0 Å². The first-order valence-corrected chi connectivity index (χ1v) is 10.2. The number of likely N-dealkylation sites (tertiary alicyclic amines) is 1. The molecule has 4 heterocycles. The van der Waals surface area contributed by atoms with E-state index in [-0.39, 0.29) is 5.92 Å². The van der Waals surface area contributed by atoms with Gasteiger partial charge in [0, 0.05) is 43.9 Å². The summed E-state index contributed by atoms with van der Waals surface area (Å²) in [5.74, 6) is 3.21. The van der Waals surface area contributed by atoms with Crippen LogP contribution < -0.4 is 5.32 Å². The molecule has 3 aliphatic heterocycles. The Kier molecular flexibility index (Phi) is 5.06. The Morgan fingerprint density at radius 2 is 2.04 bits per heavy atom. The molecule has 1 amide bonds. The predicted molar refractivity (Wildman–Crippen MR) is 96.3 cm³/mol. The lowest BCUT2D eigenvalue weighted by Crippen LogP contribution is -2.47. The fraction of sp³-hybridized carbons (Fsp3) is 0.842. The van der Waals surface area contributed by atoms with Crippen molar-refractivity contribution in [2.75, 3.05) is 19.6 Å². The number of aryl methyl sites for hydroxylation is 1. The van der Waals surface area contributed by atoms with Crippen LogP contribution in [0.2, 0.25) is 0 Å². The van der Waals surface area contributed by atoms with Crippen LogP contribution in [-0.4, -0.2) is 51.2 Å². The number of hydrogen-bond donors (Lipinski definition) is 1. The van der Waals surface area contributed by atoms with Crippen molar-refractivity contribution >= 4 is 5.91 Å². The van der Waals surface area contributed by atoms with E-state index < -0.39 is 0 Å². The number of nitrogens with one attached hydrogen (secondary N) is 1. The Morgan fingerprint density at radius 1 is 1.12 bits per heavy atom. The zero-order valence-electron chi connectivity index (χ0n) is 15.4. The summed E-state index contributed by atoms with van der Waals surface area (Å²) in [5, 5.41) is 12.5. The van der Waals surface area contributed by atoms with E-state index in [1.54, 1.807) is 0 Å². The zero-order chi connectivity index (χ0) is 17.2. The number of carbonyl (C=O) groups excluding carboxylic acids is 1. The molecule has 0 saturated carbocycles. The molecular weight excluding hydrogens is 314 g/mol. The Labute approximate surface area is 150 Å². The van der Waals surface area contributed by atoms with Gasteiger partial charge in [-0.25, -0.2) is 0 Å². The minimum atomic E-state index is 0.200. The Hall–Kier alpha value is -1.43. The van der Waals surface area contributed by atoms with Crippen molar-refractivity contribution in [2.45, 2.75) is 76.8 Å². The molecule has 6 heteroatoms. The van der Waals surface area contributed by atoms with Crippen LogP contribution in [0.15, 0.2) is 0 Å². The van der Waals surface area contributed by atoms with Gasteiger partial charge in [0.1, 0.15) is 11.6 Å². The molecule has 3 atom stereocenters. The molecule has 4 rings (SSSR count). The molecule has 2 fully saturated rings. The van der Waals surface area contributed by atoms with Crippen molar-refractivity contribution < 1.29 is 4.79 Å². The monoisotopic (exact) mass is 345 g/mol. The van der Waals surface area contributed by atoms with E-state index in [0.29, 0.717) is 17.9 Å². The lowest BCUT2D eigenvalue weighted by atomic mass is 9.90. The third-order valence-electron chi connectivity index (χ3n) is 6.21. The lowest BCUT2D eigenvalue weighted by molar-refractivity contribution is -0.138. The van der Waals surface area contributed by atoms with Crippen LogP contribution >= 0.6 is 0 Å². The first-order valence-electron chi connectivity index (χ1n) is 10.2. The standard InChI is InChI=1S/C19H31N5O/c1-14-12-15(8-9-20-14)19(25)23-10-5-6-16(13-23)18-22-21-17-7-3-2-4-11-24(17)18/h14-16,20H,2-13H2,1H3/t14-,15-,16?/m0/s1. The maximum absolute atomic E-state index is 13.0. The second-order valence-corrected chi connectivity index (χ2v) is 8.14. The van der Waals surface area contributed by atoms with Crippen LogP contribution in [0.3, 0.4) is 0 Å². The van der Waals surface area contributed by atoms with Gasteiger partial charge in [0.05, 0.1) is 0 Å². The highest BCUT2D eigenvalue weighted by Gasteiger charge is 2.33. The number of carbonyl (C=O) groups is 1. The zero-order valence-corrected chi connectivity index (χ0v) is 15.4. The minimum absolute atomic E-state index is 0.200. The highest BCUT2D eigenvalue weighted by atomic mass is 16.2. The summed E-state index contributed by atoms with van der Waals surface area (Å²) in [4.78, 5) is 15.1. The van der Waals surface area contributed by atoms with Crippen molar-refractivity contribution in [3.05, 3.63) is 11.6 Å². The molecule has 0 spiro atoms. The van der Waals surface area contributed by atoms with E-state index >= 15 is 0 Å². The minimum Gasteiger partial charge on any atom is -0.342 e. The van der Waals surface area contributed by atoms with E-state index in [1.165, 1.54) is 19.3 Å². The largest absolute Gasteiger partial charge is 0.342 e. The van der Waals surface area contributed by atoms with Crippen LogP contribution in [0, 0.1) is 5.92 Å². The van der Waals surface area contributed by atoms with Gasteiger partial charge in [0.15, 0.2) is 0 Å². The van der Waals surface area contributed by atoms with Crippen molar-refractivity contribution in [3.8, 4) is 0 Å². The SMILES string of the molecule is C[C@H]1C[C@@H](C(=O)N2CCCC(c3nnc4n3CCCCC4)C2)CCN1. The molecule has 0 aromatic carbocycles. The summed E-state index contributed by atoms with van der Waals surface area (Å²) in [6.07, 6.45) is 8.94. The third-order valence-corrected chi connectivity index (χ3v) is 6.21. The topological polar surface area (TPSA) is 63.1 Å². The maximum Gasteiger partial charge on any atom is 0.225 e. The van der Waals surface area contributed by atoms with E-state index in [2.05, 4.69) is 31.9 Å². The highest BCUT2D eigenvalue weighted by Crippen LogP contribution is 2.30. The first kappa shape index (κ1) is 17.0. The molecule has 0 bridgehead atoms. The average molecular weight is 345 g/mol. The second kappa shape index (κ2) is 7.44. The molecule has 138 valence electrons. The third kappa shape index (κ3) is 3.59. The number of hydrogen-bond acceptors (Lipinski definition) is 4. The van der Waals surface area contributed by atoms with Crippen LogP contribution in [-0.2, 0) is 17.8 Å². The second-order valence-electron chi connectivity index (χ2n) is 8.14. The van der Waals surface area contributed by atoms with Gasteiger partial charge < -0.3 is 14.8 Å². The predicted octanol–water partition coefficient (Wildman–Crippen LogP) is 2.10. The number of rotatable bonds is 2. The molecule has 0 radical (unpaired) electrons. The van der Waals surface area contributed by atoms with Crippen molar-refractivity contribution in [2.24, 2.45) is 5.92 Å². The average Bonchev–Trinajstić information content (AvgIpc) is 2.90. The highest BCUT2D eigenvalue weighted by molar-refractivity contribution is 5.79. The summed E-state index contributed by atoms with van der Waals surface area (Å²) in [5.41, 5.74) is 0. The molecule has 1 N–H and O–H groups in total. The lowest BCUT2D eigenvalue weighted by Gasteiger charge is -2.36. The molecule has 1 aromatic rings. The Bertz CT molecular complexity index is 613. The van der Waals surface area contributed by atoms with Gasteiger partial charge in [-0.15, -0.1) is 10.2 Å². The molecule has 1 aromatic heterocycles. The van der Waals surface area contributed by atoms with Gasteiger partial charge in [-0.05, 0) is 52.0 Å². The maximum atomic E-state index is 13.0. The van der Waals surface area contributed by atoms with E-state index in [9.17, 15) is 4.79 Å². The Morgan fingerprint density at radius 3 is 2.92 bits per heavy atom. The number of aromatic nitrogens is 3. The number of amides is 1. The normalized spacial score (nSPS) is 30.6. The summed E-state index contributed by atoms with van der Waals surface area (Å²) in [6, 6.07) is 0.454. The molecule has 0 aliphatic carbocycles. The van der Waals surface area contributed by atoms with Gasteiger partial charge in [0.25, 0.3) is 0 Å². The summed E-state index contributed by atoms with van der Waals surface area (Å²) in [6.45, 7) is 5.94. The van der Waals surface area contributed by atoms with E-state index in [4.69, 9.17) is 0 Å². The number of piperidine rings is 2. The smallest absolute Gasteiger partial charge is 0.225 e. The fourth-order valence-corrected chi connectivity index (χ4v) is 4.81. The van der Waals surface area contributed by atoms with Gasteiger partial charge in [-0.1, -0.05) is 6.42 Å². The van der Waals surface area contributed by atoms with Crippen LogP contribution in [0.5, 0.6) is 0 Å². The summed E-state index contributed by atoms with van der Waals surface area (Å²) >= 11 is 0. The van der Waals surface area contributed by atoms with Crippen LogP contribution in [0.1, 0.15) is 69.4 Å². The van der Waals surface area contributed by atoms with Crippen molar-refractivity contribution in [1.29, 1.82) is 0 Å². The molecule has 2 saturated heterocycles. The first-order chi connectivity index (χ1) is 12.2. The Balaban J connectivity index is 1.46. The van der Waals surface area contributed by atoms with Gasteiger partial charge in [0.2, 0.25) is 5.91 Å². The van der Waals surface area contributed by atoms with Crippen molar-refractivity contribution in [1.82, 2.24) is 25.0 Å². The van der Waals surface area contributed by atoms with E-state index in [0.717, 1.165) is 69.9 Å². The molecule has 1 unspecified atom stereocenters. The molecule has 6 nitrogen and oxygen atoms in total. The fourth-order valence-electron chi connectivity index (χ4n) is 4.81. The van der Waals surface area contributed by atoms with Gasteiger partial charge >= 0.3 is 0 Å². The number of fused-ring (bicyclic) bond motifs is 1. The van der Waals surface area contributed by atoms with Crippen molar-refractivity contribution in [3.63, 3.8) is 0 Å². The number of nitrogens with zero attached hydrogens (tertiary/aromatic N) is 4. The van der Waals surface area contributed by atoms with E-state index in [1.807, 2.05) is 0 Å². The van der Waals surface area contributed by atoms with Crippen LogP contribution in [0.25, 0.3) is 0 Å². The quantitative estimate of drug-likeness (QED) is 0.892. The summed E-state index contributed by atoms with van der Waals surface area (Å²) in [7, 11) is 0.